The topological polar surface area (TPSA) is 21.7 Å². The molecule has 0 amide bonds. The smallest absolute Gasteiger partial charge is 0.314 e. The van der Waals surface area contributed by atoms with E-state index in [4.69, 9.17) is 0 Å². The third-order valence-electron chi connectivity index (χ3n) is 9.25. The average Bonchev–Trinajstić information content (AvgIpc) is 3.47. The zero-order chi connectivity index (χ0) is 32.0. The fraction of sp³-hybridized carbons (Fsp3) is 0.209. The van der Waals surface area contributed by atoms with Crippen molar-refractivity contribution in [2.24, 2.45) is 0 Å². The largest absolute Gasteiger partial charge is 3.00 e. The van der Waals surface area contributed by atoms with Crippen LogP contribution in [-0.2, 0) is 25.5 Å². The number of hydrogen-bond acceptors (Lipinski definition) is 1. The van der Waals surface area contributed by atoms with Gasteiger partial charge >= 0.3 is 20.1 Å². The zero-order valence-electron chi connectivity index (χ0n) is 27.8. The van der Waals surface area contributed by atoms with Crippen molar-refractivity contribution in [1.82, 2.24) is 9.55 Å². The van der Waals surface area contributed by atoms with Crippen molar-refractivity contribution in [1.29, 1.82) is 0 Å². The van der Waals surface area contributed by atoms with Crippen molar-refractivity contribution >= 4 is 21.8 Å². The molecule has 7 aromatic rings. The number of aromatic nitrogens is 3. The summed E-state index contributed by atoms with van der Waals surface area (Å²) < 4.78 is 4.58. The van der Waals surface area contributed by atoms with Crippen molar-refractivity contribution in [2.75, 3.05) is 0 Å². The Labute approximate surface area is 292 Å². The molecule has 47 heavy (non-hydrogen) atoms. The van der Waals surface area contributed by atoms with E-state index in [1.807, 2.05) is 42.5 Å². The summed E-state index contributed by atoms with van der Waals surface area (Å²) in [5.74, 6) is 0.834. The van der Waals surface area contributed by atoms with Crippen LogP contribution in [0.3, 0.4) is 0 Å². The number of fused-ring (bicyclic) bond motifs is 4. The molecular weight excluding hydrogens is 751 g/mol. The van der Waals surface area contributed by atoms with Gasteiger partial charge in [0.1, 0.15) is 0 Å². The summed E-state index contributed by atoms with van der Waals surface area (Å²) in [5, 5.41) is 2.53. The molecule has 0 fully saturated rings. The minimum absolute atomic E-state index is 0. The van der Waals surface area contributed by atoms with E-state index < -0.39 is 0 Å². The minimum atomic E-state index is -0.148. The summed E-state index contributed by atoms with van der Waals surface area (Å²) in [6, 6.07) is 44.8. The van der Waals surface area contributed by atoms with Gasteiger partial charge < -0.3 is 9.55 Å². The fourth-order valence-corrected chi connectivity index (χ4v) is 6.97. The van der Waals surface area contributed by atoms with Gasteiger partial charge in [-0.1, -0.05) is 108 Å². The summed E-state index contributed by atoms with van der Waals surface area (Å²) >= 11 is 0. The molecule has 1 aliphatic rings. The molecule has 0 N–H and O–H groups in total. The first-order chi connectivity index (χ1) is 22.3. The number of hydrogen-bond donors (Lipinski definition) is 0. The Hall–Kier alpha value is -4.37. The molecule has 0 atom stereocenters. The quantitative estimate of drug-likeness (QED) is 0.129. The Morgan fingerprint density at radius 2 is 1.45 bits per heavy atom. The van der Waals surface area contributed by atoms with Gasteiger partial charge in [-0.3, -0.25) is 4.57 Å². The third-order valence-corrected chi connectivity index (χ3v) is 9.25. The molecule has 0 spiro atoms. The molecule has 0 aliphatic carbocycles. The molecule has 3 heterocycles. The fourth-order valence-electron chi connectivity index (χ4n) is 6.97. The summed E-state index contributed by atoms with van der Waals surface area (Å²) in [4.78, 5) is 4.22. The monoisotopic (exact) mass is 790 g/mol. The first kappa shape index (κ1) is 32.6. The predicted octanol–water partition coefficient (Wildman–Crippen LogP) is 10.1. The Bertz CT molecular complexity index is 2110. The maximum Gasteiger partial charge on any atom is 3.00 e. The molecule has 8 rings (SSSR count). The Kier molecular flexibility index (Phi) is 9.03. The van der Waals surface area contributed by atoms with Crippen molar-refractivity contribution in [3.63, 3.8) is 0 Å². The van der Waals surface area contributed by atoms with E-state index in [0.717, 1.165) is 16.9 Å². The summed E-state index contributed by atoms with van der Waals surface area (Å²) in [7, 11) is 0. The van der Waals surface area contributed by atoms with E-state index in [1.54, 1.807) is 6.20 Å². The Morgan fingerprint density at radius 1 is 0.745 bits per heavy atom. The van der Waals surface area contributed by atoms with Gasteiger partial charge in [0.25, 0.3) is 6.33 Å². The Balaban J connectivity index is 0.000000250. The van der Waals surface area contributed by atoms with Gasteiger partial charge in [-0.2, -0.15) is 12.1 Å². The zero-order valence-corrected chi connectivity index (χ0v) is 30.2. The molecule has 5 aromatic carbocycles. The molecule has 0 unspecified atom stereocenters. The van der Waals surface area contributed by atoms with Crippen molar-refractivity contribution in [2.45, 2.75) is 58.8 Å². The predicted molar refractivity (Wildman–Crippen MR) is 189 cm³/mol. The molecule has 0 saturated carbocycles. The van der Waals surface area contributed by atoms with E-state index in [-0.39, 0.29) is 25.5 Å². The summed E-state index contributed by atoms with van der Waals surface area (Å²) in [5.41, 5.74) is 12.1. The van der Waals surface area contributed by atoms with E-state index >= 15 is 0 Å². The second-order valence-electron chi connectivity index (χ2n) is 13.3. The maximum atomic E-state index is 4.22. The standard InChI is InChI=1S/C32H31N2.C11H8N.Ir/c1-20(2)23-13-9-14-24(21(3)4)30(23)34-19-33-27-18-17-22-11-7-8-12-25(22)29(27)32(5,6)26-15-10-16-28(34)31(26)33;1-2-6-10(7-3-1)11-8-4-5-9-12-11;/h7-17,20-21H,1-6H3;1-6,8-9H;/q2*-1;+3. The van der Waals surface area contributed by atoms with E-state index in [9.17, 15) is 0 Å². The van der Waals surface area contributed by atoms with Gasteiger partial charge in [-0.25, -0.2) is 0 Å². The van der Waals surface area contributed by atoms with Crippen LogP contribution in [0.25, 0.3) is 44.4 Å². The maximum absolute atomic E-state index is 4.22. The van der Waals surface area contributed by atoms with Crippen molar-refractivity contribution in [3.8, 4) is 22.6 Å². The van der Waals surface area contributed by atoms with Gasteiger partial charge in [-0.15, -0.1) is 58.3 Å². The number of imidazole rings is 1. The first-order valence-corrected chi connectivity index (χ1v) is 16.2. The first-order valence-electron chi connectivity index (χ1n) is 16.2. The van der Waals surface area contributed by atoms with Crippen LogP contribution in [0.2, 0.25) is 0 Å². The normalized spacial score (nSPS) is 12.9. The van der Waals surface area contributed by atoms with Crippen LogP contribution < -0.4 is 4.57 Å². The van der Waals surface area contributed by atoms with Crippen LogP contribution in [0.1, 0.15) is 75.6 Å². The van der Waals surface area contributed by atoms with Crippen LogP contribution in [0.4, 0.5) is 0 Å². The molecular formula is C43H39IrN3+. The van der Waals surface area contributed by atoms with Gasteiger partial charge in [0.05, 0.1) is 16.7 Å². The molecule has 3 nitrogen and oxygen atoms in total. The van der Waals surface area contributed by atoms with Gasteiger partial charge in [-0.05, 0) is 51.4 Å². The van der Waals surface area contributed by atoms with Crippen molar-refractivity contribution in [3.05, 3.63) is 156 Å². The number of pyridine rings is 1. The molecule has 2 aromatic heterocycles. The van der Waals surface area contributed by atoms with Crippen LogP contribution >= 0.6 is 0 Å². The minimum Gasteiger partial charge on any atom is -0.314 e. The molecule has 0 saturated heterocycles. The number of rotatable bonds is 4. The van der Waals surface area contributed by atoms with Crippen LogP contribution in [-0.4, -0.2) is 9.55 Å². The molecule has 0 radical (unpaired) electrons. The van der Waals surface area contributed by atoms with Crippen LogP contribution in [0.5, 0.6) is 0 Å². The van der Waals surface area contributed by atoms with Crippen LogP contribution in [0.15, 0.2) is 115 Å². The van der Waals surface area contributed by atoms with Crippen molar-refractivity contribution < 1.29 is 24.7 Å². The number of benzene rings is 5. The van der Waals surface area contributed by atoms with Gasteiger partial charge in [0.2, 0.25) is 0 Å². The third kappa shape index (κ3) is 5.64. The Morgan fingerprint density at radius 3 is 2.13 bits per heavy atom. The number of para-hydroxylation sites is 2. The van der Waals surface area contributed by atoms with E-state index in [1.165, 1.54) is 49.7 Å². The van der Waals surface area contributed by atoms with E-state index in [2.05, 4.69) is 141 Å². The summed E-state index contributed by atoms with van der Waals surface area (Å²) in [6.45, 7) is 13.8. The van der Waals surface area contributed by atoms with E-state index in [0.29, 0.717) is 11.8 Å². The van der Waals surface area contributed by atoms with Gasteiger partial charge in [0, 0.05) is 6.20 Å². The second kappa shape index (κ2) is 13.0. The summed E-state index contributed by atoms with van der Waals surface area (Å²) in [6.07, 6.45) is 5.59. The molecule has 0 bridgehead atoms. The molecule has 4 heteroatoms. The SMILES string of the molecule is CC(C)c1cccc(C(C)C)c1-n1[c-][n+]2c3c(cccc31)C(C)(C)c1c-2[c-]cc2ccccc12.[Ir+3].[c-]1ccccc1-c1ccccn1. The molecule has 1 aliphatic heterocycles. The molecule has 234 valence electrons. The number of nitrogens with zero attached hydrogens (tertiary/aromatic N) is 3. The average molecular weight is 790 g/mol. The van der Waals surface area contributed by atoms with Gasteiger partial charge in [0.15, 0.2) is 0 Å². The second-order valence-corrected chi connectivity index (χ2v) is 13.3. The van der Waals surface area contributed by atoms with Crippen LogP contribution in [0, 0.1) is 18.5 Å².